The Labute approximate surface area is 112 Å². The molecule has 0 atom stereocenters. The number of hydrogen-bond donors (Lipinski definition) is 1. The van der Waals surface area contributed by atoms with Gasteiger partial charge in [-0.15, -0.1) is 0 Å². The van der Waals surface area contributed by atoms with Gasteiger partial charge in [-0.2, -0.15) is 0 Å². The van der Waals surface area contributed by atoms with Crippen molar-refractivity contribution in [3.63, 3.8) is 0 Å². The number of rotatable bonds is 6. The fourth-order valence-corrected chi connectivity index (χ4v) is 1.49. The predicted molar refractivity (Wildman–Crippen MR) is 71.3 cm³/mol. The van der Waals surface area contributed by atoms with Gasteiger partial charge in [0.25, 0.3) is 0 Å². The lowest BCUT2D eigenvalue weighted by Crippen LogP contribution is -2.26. The highest BCUT2D eigenvalue weighted by molar-refractivity contribution is 6.29. The van der Waals surface area contributed by atoms with Gasteiger partial charge in [-0.25, -0.2) is 0 Å². The second-order valence-corrected chi connectivity index (χ2v) is 4.18. The Kier molecular flexibility index (Phi) is 5.52. The van der Waals surface area contributed by atoms with Crippen LogP contribution in [-0.4, -0.2) is 26.7 Å². The van der Waals surface area contributed by atoms with Crippen molar-refractivity contribution >= 4 is 17.5 Å². The van der Waals surface area contributed by atoms with Gasteiger partial charge in [-0.1, -0.05) is 24.2 Å². The number of benzene rings is 1. The molecular weight excluding hydrogens is 254 g/mol. The average Bonchev–Trinajstić information content (AvgIpc) is 2.36. The molecule has 1 N–H and O–H groups in total. The van der Waals surface area contributed by atoms with Crippen LogP contribution in [0.1, 0.15) is 5.56 Å². The van der Waals surface area contributed by atoms with E-state index in [-0.39, 0.29) is 18.9 Å². The Hall–Kier alpha value is -1.68. The van der Waals surface area contributed by atoms with Crippen LogP contribution in [0.3, 0.4) is 0 Å². The molecule has 0 fully saturated rings. The standard InChI is InChI=1S/C13H16ClNO3/c1-9(14)8-15-13(16)6-10-4-5-11(17-2)7-12(10)18-3/h4-5,7H,1,6,8H2,2-3H3,(H,15,16). The molecule has 4 nitrogen and oxygen atoms in total. The van der Waals surface area contributed by atoms with Gasteiger partial charge in [0.1, 0.15) is 11.5 Å². The van der Waals surface area contributed by atoms with E-state index in [1.54, 1.807) is 32.4 Å². The normalized spacial score (nSPS) is 9.72. The van der Waals surface area contributed by atoms with E-state index in [2.05, 4.69) is 11.9 Å². The minimum atomic E-state index is -0.139. The third-order valence-electron chi connectivity index (χ3n) is 2.32. The van der Waals surface area contributed by atoms with Crippen molar-refractivity contribution in [1.29, 1.82) is 0 Å². The lowest BCUT2D eigenvalue weighted by atomic mass is 10.1. The van der Waals surface area contributed by atoms with E-state index >= 15 is 0 Å². The van der Waals surface area contributed by atoms with Gasteiger partial charge < -0.3 is 14.8 Å². The Morgan fingerprint density at radius 1 is 1.39 bits per heavy atom. The molecule has 0 saturated carbocycles. The molecule has 5 heteroatoms. The maximum absolute atomic E-state index is 11.6. The molecule has 1 amide bonds. The topological polar surface area (TPSA) is 47.6 Å². The van der Waals surface area contributed by atoms with Crippen LogP contribution in [0.25, 0.3) is 0 Å². The monoisotopic (exact) mass is 269 g/mol. The van der Waals surface area contributed by atoms with E-state index in [1.165, 1.54) is 0 Å². The van der Waals surface area contributed by atoms with E-state index in [0.717, 1.165) is 5.56 Å². The maximum atomic E-state index is 11.6. The third kappa shape index (κ3) is 4.30. The van der Waals surface area contributed by atoms with Crippen molar-refractivity contribution in [3.05, 3.63) is 35.4 Å². The fraction of sp³-hybridized carbons (Fsp3) is 0.308. The number of methoxy groups -OCH3 is 2. The minimum Gasteiger partial charge on any atom is -0.497 e. The Morgan fingerprint density at radius 3 is 2.67 bits per heavy atom. The Bertz CT molecular complexity index is 446. The molecule has 0 radical (unpaired) electrons. The molecular formula is C13H16ClNO3. The van der Waals surface area contributed by atoms with Gasteiger partial charge in [-0.3, -0.25) is 4.79 Å². The van der Waals surface area contributed by atoms with E-state index in [0.29, 0.717) is 16.5 Å². The van der Waals surface area contributed by atoms with Crippen LogP contribution in [0.2, 0.25) is 0 Å². The van der Waals surface area contributed by atoms with E-state index in [1.807, 2.05) is 0 Å². The summed E-state index contributed by atoms with van der Waals surface area (Å²) in [6.07, 6.45) is 0.220. The first-order chi connectivity index (χ1) is 8.56. The van der Waals surface area contributed by atoms with Crippen molar-refractivity contribution < 1.29 is 14.3 Å². The summed E-state index contributed by atoms with van der Waals surface area (Å²) >= 11 is 5.57. The van der Waals surface area contributed by atoms with Crippen molar-refractivity contribution in [1.82, 2.24) is 5.32 Å². The highest BCUT2D eigenvalue weighted by atomic mass is 35.5. The van der Waals surface area contributed by atoms with Crippen LogP contribution >= 0.6 is 11.6 Å². The van der Waals surface area contributed by atoms with E-state index in [9.17, 15) is 4.79 Å². The average molecular weight is 270 g/mol. The summed E-state index contributed by atoms with van der Waals surface area (Å²) in [5.41, 5.74) is 0.788. The van der Waals surface area contributed by atoms with Gasteiger partial charge in [0.2, 0.25) is 5.91 Å². The second-order valence-electron chi connectivity index (χ2n) is 3.65. The number of carbonyl (C=O) groups excluding carboxylic acids is 1. The first-order valence-corrected chi connectivity index (χ1v) is 5.75. The lowest BCUT2D eigenvalue weighted by molar-refractivity contribution is -0.120. The Balaban J connectivity index is 2.71. The second kappa shape index (κ2) is 6.91. The quantitative estimate of drug-likeness (QED) is 0.860. The molecule has 1 rings (SSSR count). The number of hydrogen-bond acceptors (Lipinski definition) is 3. The van der Waals surface area contributed by atoms with Crippen molar-refractivity contribution in [3.8, 4) is 11.5 Å². The SMILES string of the molecule is C=C(Cl)CNC(=O)Cc1ccc(OC)cc1OC. The van der Waals surface area contributed by atoms with Crippen LogP contribution in [0, 0.1) is 0 Å². The summed E-state index contributed by atoms with van der Waals surface area (Å²) < 4.78 is 10.3. The molecule has 0 aliphatic carbocycles. The van der Waals surface area contributed by atoms with Crippen LogP contribution in [-0.2, 0) is 11.2 Å². The number of nitrogens with one attached hydrogen (secondary N) is 1. The van der Waals surface area contributed by atoms with Gasteiger partial charge in [-0.05, 0) is 6.07 Å². The fourth-order valence-electron chi connectivity index (χ4n) is 1.43. The minimum absolute atomic E-state index is 0.139. The van der Waals surface area contributed by atoms with Crippen LogP contribution < -0.4 is 14.8 Å². The lowest BCUT2D eigenvalue weighted by Gasteiger charge is -2.10. The molecule has 0 heterocycles. The van der Waals surface area contributed by atoms with Crippen molar-refractivity contribution in [2.45, 2.75) is 6.42 Å². The summed E-state index contributed by atoms with van der Waals surface area (Å²) in [6, 6.07) is 5.32. The van der Waals surface area contributed by atoms with E-state index < -0.39 is 0 Å². The van der Waals surface area contributed by atoms with E-state index in [4.69, 9.17) is 21.1 Å². The number of halogens is 1. The summed E-state index contributed by atoms with van der Waals surface area (Å²) in [5, 5.41) is 3.05. The molecule has 0 aliphatic rings. The van der Waals surface area contributed by atoms with Crippen LogP contribution in [0.5, 0.6) is 11.5 Å². The summed E-state index contributed by atoms with van der Waals surface area (Å²) in [4.78, 5) is 11.6. The molecule has 0 saturated heterocycles. The molecule has 1 aromatic carbocycles. The summed E-state index contributed by atoms with van der Waals surface area (Å²) in [6.45, 7) is 3.76. The van der Waals surface area contributed by atoms with Crippen molar-refractivity contribution in [2.75, 3.05) is 20.8 Å². The third-order valence-corrected chi connectivity index (χ3v) is 2.46. The van der Waals surface area contributed by atoms with Gasteiger partial charge in [0.05, 0.1) is 27.2 Å². The van der Waals surface area contributed by atoms with Gasteiger partial charge in [0.15, 0.2) is 0 Å². The first-order valence-electron chi connectivity index (χ1n) is 5.37. The zero-order valence-corrected chi connectivity index (χ0v) is 11.2. The molecule has 0 spiro atoms. The summed E-state index contributed by atoms with van der Waals surface area (Å²) in [7, 11) is 3.13. The van der Waals surface area contributed by atoms with Gasteiger partial charge >= 0.3 is 0 Å². The molecule has 18 heavy (non-hydrogen) atoms. The molecule has 0 aromatic heterocycles. The maximum Gasteiger partial charge on any atom is 0.224 e. The largest absolute Gasteiger partial charge is 0.497 e. The molecule has 0 bridgehead atoms. The Morgan fingerprint density at radius 2 is 2.11 bits per heavy atom. The van der Waals surface area contributed by atoms with Gasteiger partial charge in [0, 0.05) is 16.7 Å². The molecule has 1 aromatic rings. The zero-order valence-electron chi connectivity index (χ0n) is 10.5. The summed E-state index contributed by atoms with van der Waals surface area (Å²) in [5.74, 6) is 1.17. The smallest absolute Gasteiger partial charge is 0.224 e. The predicted octanol–water partition coefficient (Wildman–Crippen LogP) is 2.12. The first kappa shape index (κ1) is 14.4. The van der Waals surface area contributed by atoms with Crippen LogP contribution in [0.15, 0.2) is 29.8 Å². The number of carbonyl (C=O) groups is 1. The van der Waals surface area contributed by atoms with Crippen LogP contribution in [0.4, 0.5) is 0 Å². The highest BCUT2D eigenvalue weighted by Crippen LogP contribution is 2.24. The molecule has 98 valence electrons. The molecule has 0 aliphatic heterocycles. The number of amides is 1. The molecule has 0 unspecified atom stereocenters. The zero-order chi connectivity index (χ0) is 13.5. The van der Waals surface area contributed by atoms with Crippen molar-refractivity contribution in [2.24, 2.45) is 0 Å². The highest BCUT2D eigenvalue weighted by Gasteiger charge is 2.09. The number of ether oxygens (including phenoxy) is 2.